The number of hydrogen-bond acceptors (Lipinski definition) is 3. The second kappa shape index (κ2) is 7.31. The maximum Gasteiger partial charge on any atom is 0.234 e. The largest absolute Gasteiger partial charge is 0.383 e. The van der Waals surface area contributed by atoms with Gasteiger partial charge in [0.05, 0.1) is 18.7 Å². The van der Waals surface area contributed by atoms with E-state index < -0.39 is 17.2 Å². The fourth-order valence-electron chi connectivity index (χ4n) is 1.73. The highest BCUT2D eigenvalue weighted by atomic mass is 19.2. The molecule has 0 spiro atoms. The molecule has 0 atom stereocenters. The van der Waals surface area contributed by atoms with Crippen LogP contribution in [0.4, 0.5) is 8.78 Å². The molecule has 6 heteroatoms. The van der Waals surface area contributed by atoms with E-state index in [2.05, 4.69) is 10.6 Å². The predicted octanol–water partition coefficient (Wildman–Crippen LogP) is 1.55. The first-order chi connectivity index (χ1) is 9.36. The van der Waals surface area contributed by atoms with Crippen LogP contribution >= 0.6 is 0 Å². The Morgan fingerprint density at radius 1 is 1.30 bits per heavy atom. The molecule has 0 saturated heterocycles. The minimum atomic E-state index is -0.928. The molecule has 0 aromatic heterocycles. The molecular weight excluding hydrogens is 266 g/mol. The fraction of sp³-hybridized carbons (Fsp3) is 0.500. The quantitative estimate of drug-likeness (QED) is 0.748. The van der Waals surface area contributed by atoms with Gasteiger partial charge in [-0.1, -0.05) is 6.07 Å². The molecular formula is C14H20F2N2O2. The van der Waals surface area contributed by atoms with Gasteiger partial charge in [0.1, 0.15) is 0 Å². The monoisotopic (exact) mass is 286 g/mol. The number of carbonyl (C=O) groups excluding carboxylic acids is 1. The normalized spacial score (nSPS) is 11.4. The molecule has 0 aliphatic heterocycles. The molecule has 1 amide bonds. The van der Waals surface area contributed by atoms with E-state index in [1.54, 1.807) is 21.0 Å². The summed E-state index contributed by atoms with van der Waals surface area (Å²) in [4.78, 5) is 11.8. The molecule has 0 unspecified atom stereocenters. The SMILES string of the molecule is COCCNCC(=O)NC(C)(C)c1ccc(F)c(F)c1. The summed E-state index contributed by atoms with van der Waals surface area (Å²) in [5.41, 5.74) is -0.282. The van der Waals surface area contributed by atoms with E-state index in [0.717, 1.165) is 12.1 Å². The Bertz CT molecular complexity index is 464. The van der Waals surface area contributed by atoms with Crippen LogP contribution in [-0.2, 0) is 15.1 Å². The van der Waals surface area contributed by atoms with Crippen LogP contribution in [0.1, 0.15) is 19.4 Å². The van der Waals surface area contributed by atoms with Crippen molar-refractivity contribution in [3.63, 3.8) is 0 Å². The third-order valence-electron chi connectivity index (χ3n) is 2.86. The summed E-state index contributed by atoms with van der Waals surface area (Å²) in [6.45, 7) is 4.67. The summed E-state index contributed by atoms with van der Waals surface area (Å²) in [5, 5.41) is 5.67. The molecule has 0 heterocycles. The number of nitrogens with one attached hydrogen (secondary N) is 2. The fourth-order valence-corrected chi connectivity index (χ4v) is 1.73. The van der Waals surface area contributed by atoms with E-state index in [4.69, 9.17) is 4.74 Å². The van der Waals surface area contributed by atoms with E-state index in [-0.39, 0.29) is 12.5 Å². The van der Waals surface area contributed by atoms with Gasteiger partial charge in [0.25, 0.3) is 0 Å². The van der Waals surface area contributed by atoms with Gasteiger partial charge in [0.2, 0.25) is 5.91 Å². The Kier molecular flexibility index (Phi) is 6.04. The Hall–Kier alpha value is -1.53. The van der Waals surface area contributed by atoms with Crippen molar-refractivity contribution < 1.29 is 18.3 Å². The van der Waals surface area contributed by atoms with Gasteiger partial charge in [0.15, 0.2) is 11.6 Å². The van der Waals surface area contributed by atoms with Crippen molar-refractivity contribution in [3.8, 4) is 0 Å². The summed E-state index contributed by atoms with van der Waals surface area (Å²) < 4.78 is 31.0. The van der Waals surface area contributed by atoms with E-state index in [9.17, 15) is 13.6 Å². The van der Waals surface area contributed by atoms with Gasteiger partial charge in [-0.2, -0.15) is 0 Å². The minimum Gasteiger partial charge on any atom is -0.383 e. The number of methoxy groups -OCH3 is 1. The molecule has 0 radical (unpaired) electrons. The highest BCUT2D eigenvalue weighted by molar-refractivity contribution is 5.79. The predicted molar refractivity (Wildman–Crippen MR) is 72.3 cm³/mol. The first kappa shape index (κ1) is 16.5. The highest BCUT2D eigenvalue weighted by Gasteiger charge is 2.23. The Morgan fingerprint density at radius 3 is 2.60 bits per heavy atom. The molecule has 0 aliphatic carbocycles. The zero-order valence-electron chi connectivity index (χ0n) is 11.9. The van der Waals surface area contributed by atoms with Gasteiger partial charge in [-0.05, 0) is 31.5 Å². The number of carbonyl (C=O) groups is 1. The van der Waals surface area contributed by atoms with Crippen LogP contribution < -0.4 is 10.6 Å². The van der Waals surface area contributed by atoms with E-state index in [1.807, 2.05) is 0 Å². The molecule has 20 heavy (non-hydrogen) atoms. The molecule has 0 fully saturated rings. The van der Waals surface area contributed by atoms with Crippen molar-refractivity contribution in [2.24, 2.45) is 0 Å². The van der Waals surface area contributed by atoms with Crippen LogP contribution in [0.5, 0.6) is 0 Å². The van der Waals surface area contributed by atoms with Crippen molar-refractivity contribution in [2.45, 2.75) is 19.4 Å². The molecule has 112 valence electrons. The molecule has 4 nitrogen and oxygen atoms in total. The average Bonchev–Trinajstić information content (AvgIpc) is 2.37. The Balaban J connectivity index is 2.59. The molecule has 0 bridgehead atoms. The molecule has 1 rings (SSSR count). The molecule has 2 N–H and O–H groups in total. The van der Waals surface area contributed by atoms with Crippen molar-refractivity contribution in [1.82, 2.24) is 10.6 Å². The van der Waals surface area contributed by atoms with Gasteiger partial charge >= 0.3 is 0 Å². The third kappa shape index (κ3) is 4.86. The number of halogens is 2. The lowest BCUT2D eigenvalue weighted by Crippen LogP contribution is -2.45. The second-order valence-corrected chi connectivity index (χ2v) is 4.97. The van der Waals surface area contributed by atoms with Gasteiger partial charge in [-0.3, -0.25) is 4.79 Å². The molecule has 1 aromatic rings. The molecule has 1 aromatic carbocycles. The number of hydrogen-bond donors (Lipinski definition) is 2. The average molecular weight is 286 g/mol. The summed E-state index contributed by atoms with van der Waals surface area (Å²) in [5.74, 6) is -2.06. The lowest BCUT2D eigenvalue weighted by molar-refractivity contribution is -0.121. The first-order valence-electron chi connectivity index (χ1n) is 6.33. The van der Waals surface area contributed by atoms with Crippen LogP contribution in [0, 0.1) is 11.6 Å². The number of ether oxygens (including phenoxy) is 1. The second-order valence-electron chi connectivity index (χ2n) is 4.97. The summed E-state index contributed by atoms with van der Waals surface area (Å²) in [6, 6.07) is 3.60. The van der Waals surface area contributed by atoms with Crippen LogP contribution in [-0.4, -0.2) is 32.7 Å². The topological polar surface area (TPSA) is 50.4 Å². The molecule has 0 aliphatic rings. The van der Waals surface area contributed by atoms with Crippen LogP contribution in [0.15, 0.2) is 18.2 Å². The highest BCUT2D eigenvalue weighted by Crippen LogP contribution is 2.21. The number of rotatable bonds is 7. The number of amides is 1. The van der Waals surface area contributed by atoms with E-state index in [1.165, 1.54) is 6.07 Å². The summed E-state index contributed by atoms with van der Waals surface area (Å²) in [6.07, 6.45) is 0. The maximum absolute atomic E-state index is 13.2. The standard InChI is InChI=1S/C14H20F2N2O2/c1-14(2,10-4-5-11(15)12(16)8-10)18-13(19)9-17-6-7-20-3/h4-5,8,17H,6-7,9H2,1-3H3,(H,18,19). The van der Waals surface area contributed by atoms with Crippen LogP contribution in [0.25, 0.3) is 0 Å². The maximum atomic E-state index is 13.2. The van der Waals surface area contributed by atoms with E-state index >= 15 is 0 Å². The zero-order chi connectivity index (χ0) is 15.2. The van der Waals surface area contributed by atoms with Crippen molar-refractivity contribution in [2.75, 3.05) is 26.8 Å². The zero-order valence-corrected chi connectivity index (χ0v) is 11.9. The lowest BCUT2D eigenvalue weighted by atomic mass is 9.94. The van der Waals surface area contributed by atoms with Crippen molar-refractivity contribution in [3.05, 3.63) is 35.4 Å². The van der Waals surface area contributed by atoms with Crippen LogP contribution in [0.2, 0.25) is 0 Å². The smallest absolute Gasteiger partial charge is 0.234 e. The Morgan fingerprint density at radius 2 is 2.00 bits per heavy atom. The summed E-state index contributed by atoms with van der Waals surface area (Å²) >= 11 is 0. The van der Waals surface area contributed by atoms with Crippen LogP contribution in [0.3, 0.4) is 0 Å². The summed E-state index contributed by atoms with van der Waals surface area (Å²) in [7, 11) is 1.58. The van der Waals surface area contributed by atoms with Gasteiger partial charge in [-0.15, -0.1) is 0 Å². The Labute approximate surface area is 117 Å². The van der Waals surface area contributed by atoms with Gasteiger partial charge in [-0.25, -0.2) is 8.78 Å². The van der Waals surface area contributed by atoms with Gasteiger partial charge in [0, 0.05) is 13.7 Å². The number of benzene rings is 1. The molecule has 0 saturated carbocycles. The third-order valence-corrected chi connectivity index (χ3v) is 2.86. The lowest BCUT2D eigenvalue weighted by Gasteiger charge is -2.27. The van der Waals surface area contributed by atoms with E-state index in [0.29, 0.717) is 18.7 Å². The van der Waals surface area contributed by atoms with Crippen molar-refractivity contribution in [1.29, 1.82) is 0 Å². The van der Waals surface area contributed by atoms with Gasteiger partial charge < -0.3 is 15.4 Å². The minimum absolute atomic E-state index is 0.135. The van der Waals surface area contributed by atoms with Crippen molar-refractivity contribution >= 4 is 5.91 Å². The first-order valence-corrected chi connectivity index (χ1v) is 6.33.